The molecule has 0 spiro atoms. The highest BCUT2D eigenvalue weighted by Gasteiger charge is 2.08. The highest BCUT2D eigenvalue weighted by molar-refractivity contribution is 5.91. The molecule has 0 unspecified atom stereocenters. The molecule has 0 radical (unpaired) electrons. The normalized spacial score (nSPS) is 10.8. The molecule has 1 N–H and O–H groups in total. The summed E-state index contributed by atoms with van der Waals surface area (Å²) in [5.74, 6) is -0.250. The van der Waals surface area contributed by atoms with Crippen molar-refractivity contribution in [3.8, 4) is 11.3 Å². The van der Waals surface area contributed by atoms with E-state index in [4.69, 9.17) is 0 Å². The largest absolute Gasteiger partial charge is 0.350 e. The molecule has 8 nitrogen and oxygen atoms in total. The van der Waals surface area contributed by atoms with E-state index in [2.05, 4.69) is 30.4 Å². The summed E-state index contributed by atoms with van der Waals surface area (Å²) in [6, 6.07) is 7.66. The summed E-state index contributed by atoms with van der Waals surface area (Å²) in [5.41, 5.74) is 3.77. The number of hydrogen-bond donors (Lipinski definition) is 1. The second-order valence-electron chi connectivity index (χ2n) is 5.58. The Morgan fingerprint density at radius 1 is 1.08 bits per heavy atom. The minimum Gasteiger partial charge on any atom is -0.350 e. The van der Waals surface area contributed by atoms with E-state index in [1.807, 2.05) is 30.5 Å². The summed E-state index contributed by atoms with van der Waals surface area (Å²) in [6.07, 6.45) is 10.4. The molecular formula is C18H15N7O. The first kappa shape index (κ1) is 15.8. The number of fused-ring (bicyclic) bond motifs is 1. The zero-order chi connectivity index (χ0) is 17.8. The molecule has 0 bridgehead atoms. The topological polar surface area (TPSA) is 98.0 Å². The van der Waals surface area contributed by atoms with Crippen molar-refractivity contribution < 1.29 is 4.79 Å². The molecule has 128 valence electrons. The van der Waals surface area contributed by atoms with Crippen LogP contribution in [0.25, 0.3) is 16.9 Å². The molecule has 0 aromatic carbocycles. The van der Waals surface area contributed by atoms with Crippen LogP contribution in [0.5, 0.6) is 0 Å². The van der Waals surface area contributed by atoms with Crippen LogP contribution in [0.1, 0.15) is 16.2 Å². The zero-order valence-corrected chi connectivity index (χ0v) is 13.8. The number of amides is 1. The molecule has 0 aliphatic heterocycles. The maximum absolute atomic E-state index is 12.0. The standard InChI is InChI=1S/C18H15N7O/c26-18(16-12-20-8-9-21-16)22-7-3-14-11-17-23-15(4-10-25(17)24-14)13-1-5-19-6-2-13/h1-2,4-6,8-12H,3,7H2,(H,22,26). The molecule has 4 heterocycles. The van der Waals surface area contributed by atoms with E-state index < -0.39 is 0 Å². The fourth-order valence-electron chi connectivity index (χ4n) is 2.55. The van der Waals surface area contributed by atoms with E-state index >= 15 is 0 Å². The van der Waals surface area contributed by atoms with E-state index in [1.165, 1.54) is 18.6 Å². The van der Waals surface area contributed by atoms with Crippen molar-refractivity contribution in [3.05, 3.63) is 72.8 Å². The minimum atomic E-state index is -0.250. The Labute approximate surface area is 149 Å². The van der Waals surface area contributed by atoms with E-state index in [1.54, 1.807) is 16.9 Å². The van der Waals surface area contributed by atoms with E-state index in [0.29, 0.717) is 18.7 Å². The average molecular weight is 345 g/mol. The number of carbonyl (C=O) groups is 1. The van der Waals surface area contributed by atoms with Gasteiger partial charge in [-0.1, -0.05) is 0 Å². The fraction of sp³-hybridized carbons (Fsp3) is 0.111. The molecule has 4 aromatic rings. The van der Waals surface area contributed by atoms with Gasteiger partial charge < -0.3 is 5.32 Å². The van der Waals surface area contributed by atoms with Gasteiger partial charge in [-0.25, -0.2) is 14.5 Å². The van der Waals surface area contributed by atoms with Crippen LogP contribution in [-0.2, 0) is 6.42 Å². The Hall–Kier alpha value is -3.68. The van der Waals surface area contributed by atoms with Gasteiger partial charge >= 0.3 is 0 Å². The molecule has 0 atom stereocenters. The molecule has 4 rings (SSSR count). The van der Waals surface area contributed by atoms with Crippen molar-refractivity contribution in [2.24, 2.45) is 0 Å². The van der Waals surface area contributed by atoms with E-state index in [0.717, 1.165) is 22.6 Å². The molecule has 8 heteroatoms. The first-order chi connectivity index (χ1) is 12.8. The summed E-state index contributed by atoms with van der Waals surface area (Å²) >= 11 is 0. The maximum Gasteiger partial charge on any atom is 0.271 e. The van der Waals surface area contributed by atoms with Gasteiger partial charge in [-0.2, -0.15) is 5.10 Å². The second kappa shape index (κ2) is 7.06. The average Bonchev–Trinajstić information content (AvgIpc) is 3.11. The Bertz CT molecular complexity index is 1030. The van der Waals surface area contributed by atoms with Gasteiger partial charge in [-0.3, -0.25) is 14.8 Å². The summed E-state index contributed by atoms with van der Waals surface area (Å²) in [6.45, 7) is 0.455. The number of carbonyl (C=O) groups excluding carboxylic acids is 1. The summed E-state index contributed by atoms with van der Waals surface area (Å²) < 4.78 is 1.73. The monoisotopic (exact) mass is 345 g/mol. The fourth-order valence-corrected chi connectivity index (χ4v) is 2.55. The SMILES string of the molecule is O=C(NCCc1cc2nc(-c3ccncc3)ccn2n1)c1cnccn1. The smallest absolute Gasteiger partial charge is 0.271 e. The van der Waals surface area contributed by atoms with Gasteiger partial charge in [0.1, 0.15) is 5.69 Å². The number of pyridine rings is 1. The van der Waals surface area contributed by atoms with Crippen LogP contribution in [0.4, 0.5) is 0 Å². The molecule has 26 heavy (non-hydrogen) atoms. The predicted molar refractivity (Wildman–Crippen MR) is 94.3 cm³/mol. The molecule has 0 aliphatic carbocycles. The van der Waals surface area contributed by atoms with Crippen molar-refractivity contribution in [2.45, 2.75) is 6.42 Å². The first-order valence-corrected chi connectivity index (χ1v) is 8.09. The van der Waals surface area contributed by atoms with Gasteiger partial charge in [0.05, 0.1) is 17.6 Å². The van der Waals surface area contributed by atoms with Gasteiger partial charge in [-0.15, -0.1) is 0 Å². The number of hydrogen-bond acceptors (Lipinski definition) is 6. The van der Waals surface area contributed by atoms with Crippen LogP contribution >= 0.6 is 0 Å². The number of rotatable bonds is 5. The zero-order valence-electron chi connectivity index (χ0n) is 13.8. The van der Waals surface area contributed by atoms with Crippen LogP contribution in [0, 0.1) is 0 Å². The lowest BCUT2D eigenvalue weighted by atomic mass is 10.2. The molecule has 1 amide bonds. The van der Waals surface area contributed by atoms with Crippen LogP contribution in [0.2, 0.25) is 0 Å². The maximum atomic E-state index is 12.0. The van der Waals surface area contributed by atoms with Gasteiger partial charge in [0.25, 0.3) is 5.91 Å². The van der Waals surface area contributed by atoms with Gasteiger partial charge in [0, 0.05) is 55.6 Å². The lowest BCUT2D eigenvalue weighted by molar-refractivity contribution is 0.0948. The molecule has 0 saturated carbocycles. The Morgan fingerprint density at radius 2 is 1.96 bits per heavy atom. The number of nitrogens with zero attached hydrogens (tertiary/aromatic N) is 6. The van der Waals surface area contributed by atoms with Crippen LogP contribution in [0.3, 0.4) is 0 Å². The molecule has 0 fully saturated rings. The Kier molecular flexibility index (Phi) is 4.29. The Balaban J connectivity index is 1.44. The van der Waals surface area contributed by atoms with E-state index in [9.17, 15) is 4.79 Å². The summed E-state index contributed by atoms with van der Waals surface area (Å²) in [5, 5.41) is 7.29. The lowest BCUT2D eigenvalue weighted by Crippen LogP contribution is -2.26. The third kappa shape index (κ3) is 3.39. The van der Waals surface area contributed by atoms with Crippen molar-refractivity contribution in [3.63, 3.8) is 0 Å². The van der Waals surface area contributed by atoms with Gasteiger partial charge in [0.2, 0.25) is 0 Å². The highest BCUT2D eigenvalue weighted by Crippen LogP contribution is 2.16. The predicted octanol–water partition coefficient (Wildman–Crippen LogP) is 1.55. The first-order valence-electron chi connectivity index (χ1n) is 8.09. The van der Waals surface area contributed by atoms with Crippen LogP contribution in [-0.4, -0.2) is 42.0 Å². The van der Waals surface area contributed by atoms with Gasteiger partial charge in [0.15, 0.2) is 5.65 Å². The van der Waals surface area contributed by atoms with Crippen molar-refractivity contribution >= 4 is 11.6 Å². The summed E-state index contributed by atoms with van der Waals surface area (Å²) in [7, 11) is 0. The van der Waals surface area contributed by atoms with Crippen LogP contribution < -0.4 is 5.32 Å². The second-order valence-corrected chi connectivity index (χ2v) is 5.58. The molecule has 0 saturated heterocycles. The van der Waals surface area contributed by atoms with Crippen molar-refractivity contribution in [1.29, 1.82) is 0 Å². The number of nitrogens with one attached hydrogen (secondary N) is 1. The minimum absolute atomic E-state index is 0.250. The van der Waals surface area contributed by atoms with Crippen molar-refractivity contribution in [2.75, 3.05) is 6.54 Å². The third-order valence-corrected chi connectivity index (χ3v) is 3.81. The lowest BCUT2D eigenvalue weighted by Gasteiger charge is -2.02. The molecular weight excluding hydrogens is 330 g/mol. The third-order valence-electron chi connectivity index (χ3n) is 3.81. The van der Waals surface area contributed by atoms with Crippen molar-refractivity contribution in [1.82, 2.24) is 34.9 Å². The number of aromatic nitrogens is 6. The van der Waals surface area contributed by atoms with Crippen LogP contribution in [0.15, 0.2) is 61.4 Å². The Morgan fingerprint density at radius 3 is 2.77 bits per heavy atom. The van der Waals surface area contributed by atoms with Gasteiger partial charge in [-0.05, 0) is 18.2 Å². The highest BCUT2D eigenvalue weighted by atomic mass is 16.1. The molecule has 4 aromatic heterocycles. The summed E-state index contributed by atoms with van der Waals surface area (Å²) in [4.78, 5) is 28.4. The van der Waals surface area contributed by atoms with E-state index in [-0.39, 0.29) is 5.91 Å². The molecule has 0 aliphatic rings. The quantitative estimate of drug-likeness (QED) is 0.589.